The predicted molar refractivity (Wildman–Crippen MR) is 240 cm³/mol. The molecule has 57 heavy (non-hydrogen) atoms. The largest absolute Gasteiger partial charge is 0.309 e. The van der Waals surface area contributed by atoms with Crippen LogP contribution in [-0.2, 0) is 0 Å². The van der Waals surface area contributed by atoms with Gasteiger partial charge in [-0.2, -0.15) is 0 Å². The molecule has 12 rings (SSSR count). The zero-order valence-corrected chi connectivity index (χ0v) is 28.5. The zero-order chi connectivity index (χ0) is 66.2. The van der Waals surface area contributed by atoms with Crippen molar-refractivity contribution in [1.29, 1.82) is 0 Å². The quantitative estimate of drug-likeness (QED) is 0.166. The Bertz CT molecular complexity index is 5240. The smallest absolute Gasteiger partial charge is 0.0782 e. The molecule has 266 valence electrons. The second-order valence-corrected chi connectivity index (χ2v) is 12.5. The van der Waals surface area contributed by atoms with E-state index in [1.165, 1.54) is 0 Å². The molecule has 9 aromatic carbocycles. The Kier molecular flexibility index (Phi) is 2.90. The van der Waals surface area contributed by atoms with Crippen LogP contribution in [0.3, 0.4) is 0 Å². The van der Waals surface area contributed by atoms with E-state index in [0.29, 0.717) is 0 Å². The van der Waals surface area contributed by atoms with E-state index in [0.717, 1.165) is 25.8 Å². The molecule has 0 aliphatic heterocycles. The molecule has 0 saturated heterocycles. The van der Waals surface area contributed by atoms with Gasteiger partial charge in [0.2, 0.25) is 0 Å². The van der Waals surface area contributed by atoms with Gasteiger partial charge in [0.05, 0.1) is 84.0 Å². The zero-order valence-electron chi connectivity index (χ0n) is 61.5. The number of hydrogen-bond acceptors (Lipinski definition) is 0. The number of benzene rings is 9. The van der Waals surface area contributed by atoms with E-state index in [-0.39, 0.29) is 0 Å². The van der Waals surface area contributed by atoms with Crippen LogP contribution in [0.4, 0.5) is 0 Å². The van der Waals surface area contributed by atoms with Crippen LogP contribution < -0.4 is 0 Å². The van der Waals surface area contributed by atoms with Crippen molar-refractivity contribution in [2.45, 2.75) is 0 Å². The van der Waals surface area contributed by atoms with Gasteiger partial charge in [-0.15, -0.1) is 0 Å². The van der Waals surface area contributed by atoms with Crippen molar-refractivity contribution in [3.8, 4) is 39.3 Å². The summed E-state index contributed by atoms with van der Waals surface area (Å²) in [6.07, 6.45) is 0. The fourth-order valence-corrected chi connectivity index (χ4v) is 7.18. The van der Waals surface area contributed by atoms with Crippen molar-refractivity contribution in [3.05, 3.63) is 212 Å². The van der Waals surface area contributed by atoms with Crippen molar-refractivity contribution < 1.29 is 45.2 Å². The number of hydrogen-bond donors (Lipinski definition) is 0. The molecule has 3 nitrogen and oxygen atoms in total. The Morgan fingerprint density at radius 3 is 1.30 bits per heavy atom. The van der Waals surface area contributed by atoms with E-state index in [9.17, 15) is 17.8 Å². The lowest BCUT2D eigenvalue weighted by molar-refractivity contribution is 1.13. The molecule has 0 saturated carbocycles. The first-order chi connectivity index (χ1) is 42.0. The monoisotopic (exact) mass is 758 g/mol. The van der Waals surface area contributed by atoms with Gasteiger partial charge in [-0.3, -0.25) is 0 Å². The number of nitrogens with zero attached hydrogens (tertiary/aromatic N) is 3. The van der Waals surface area contributed by atoms with Gasteiger partial charge in [0.25, 0.3) is 0 Å². The maximum Gasteiger partial charge on any atom is 0.0782 e. The maximum atomic E-state index is 10.4. The van der Waals surface area contributed by atoms with Crippen LogP contribution in [0.25, 0.3) is 105 Å². The summed E-state index contributed by atoms with van der Waals surface area (Å²) in [4.78, 5) is 0. The molecule has 0 spiro atoms. The van der Waals surface area contributed by atoms with Crippen LogP contribution in [0.5, 0.6) is 0 Å². The van der Waals surface area contributed by atoms with Crippen LogP contribution in [0, 0.1) is 0 Å². The number of para-hydroxylation sites is 5. The molecule has 0 N–H and O–H groups in total. The lowest BCUT2D eigenvalue weighted by atomic mass is 9.98. The second kappa shape index (κ2) is 12.5. The number of rotatable bonds is 5. The van der Waals surface area contributed by atoms with Gasteiger partial charge in [-0.1, -0.05) is 145 Å². The minimum absolute atomic E-state index is 0.505. The second-order valence-electron chi connectivity index (χ2n) is 12.5. The predicted octanol–water partition coefficient (Wildman–Crippen LogP) is 14.3. The maximum absolute atomic E-state index is 10.4. The molecule has 0 radical (unpaired) electrons. The highest BCUT2D eigenvalue weighted by molar-refractivity contribution is 6.16. The van der Waals surface area contributed by atoms with Crippen molar-refractivity contribution in [3.63, 3.8) is 0 Å². The van der Waals surface area contributed by atoms with E-state index in [2.05, 4.69) is 0 Å². The molecule has 0 aliphatic rings. The van der Waals surface area contributed by atoms with Gasteiger partial charge in [-0.25, -0.2) is 0 Å². The Balaban J connectivity index is 1.36. The molecule has 0 fully saturated rings. The van der Waals surface area contributed by atoms with Crippen LogP contribution in [0.2, 0.25) is 0 Å². The minimum Gasteiger partial charge on any atom is -0.309 e. The van der Waals surface area contributed by atoms with Gasteiger partial charge < -0.3 is 13.7 Å². The van der Waals surface area contributed by atoms with Gasteiger partial charge >= 0.3 is 0 Å². The molecule has 12 aromatic rings. The summed E-state index contributed by atoms with van der Waals surface area (Å²) in [5.74, 6) is 0. The first-order valence-electron chi connectivity index (χ1n) is 33.4. The summed E-state index contributed by atoms with van der Waals surface area (Å²) in [6.45, 7) is 0. The number of aromatic nitrogens is 3. The van der Waals surface area contributed by atoms with Crippen molar-refractivity contribution in [2.24, 2.45) is 0 Å². The highest BCUT2D eigenvalue weighted by Gasteiger charge is 2.21. The summed E-state index contributed by atoms with van der Waals surface area (Å²) >= 11 is 0. The molecule has 0 atom stereocenters. The molecular weight excluding hydrogens is 691 g/mol. The first kappa shape index (κ1) is 13.3. The fraction of sp³-hybridized carbons (Fsp3) is 0. The normalized spacial score (nSPS) is 20.0. The van der Waals surface area contributed by atoms with Crippen molar-refractivity contribution in [2.75, 3.05) is 0 Å². The topological polar surface area (TPSA) is 14.8 Å². The van der Waals surface area contributed by atoms with Crippen LogP contribution >= 0.6 is 0 Å². The van der Waals surface area contributed by atoms with E-state index in [1.54, 1.807) is 0 Å². The Hall–Kier alpha value is -7.62. The van der Waals surface area contributed by atoms with Gasteiger partial charge in [0.15, 0.2) is 0 Å². The van der Waals surface area contributed by atoms with E-state index in [4.69, 9.17) is 27.4 Å². The molecule has 3 heterocycles. The Morgan fingerprint density at radius 2 is 0.719 bits per heavy atom. The third-order valence-corrected chi connectivity index (χ3v) is 9.47. The van der Waals surface area contributed by atoms with Crippen LogP contribution in [0.15, 0.2) is 212 Å². The van der Waals surface area contributed by atoms with Crippen molar-refractivity contribution >= 4 is 65.4 Å². The lowest BCUT2D eigenvalue weighted by Crippen LogP contribution is -2.01. The SMILES string of the molecule is [2H]c1c(-c2c([2H])c([2H])c([2H])c([2H])c2[2H])cc(-n2c3c([2H])c([2H])c([2H])c([2H])c3c3c([2H])c(-n4c5c([2H])c([2H])c([2H])c([2H])c5c5c([2H])c([2H])c([2H])c(-n6c7c([2H])c([2H])c([2H])c([2H])c7c7c([2H])c([2H])c([2H])c([2H])c76)c54)c([2H])c([2H])c32)cc1-c1c([2H])c([2H])c([2H])c([2H])c1[2H]. The average Bonchev–Trinajstić information content (AvgIpc) is 1.51. The summed E-state index contributed by atoms with van der Waals surface area (Å²) < 4.78 is 304. The summed E-state index contributed by atoms with van der Waals surface area (Å²) in [5, 5.41) is -3.76. The molecule has 0 unspecified atom stereocenters. The van der Waals surface area contributed by atoms with Crippen LogP contribution in [-0.4, -0.2) is 13.7 Å². The van der Waals surface area contributed by atoms with Gasteiger partial charge in [0, 0.05) is 43.7 Å². The molecule has 0 bridgehead atoms. The first-order valence-corrected chi connectivity index (χ1v) is 16.9. The third kappa shape index (κ3) is 4.79. The van der Waals surface area contributed by atoms with E-state index >= 15 is 0 Å². The third-order valence-electron chi connectivity index (χ3n) is 9.47. The Morgan fingerprint density at radius 1 is 0.281 bits per heavy atom. The molecule has 3 heteroatoms. The standard InChI is InChI=1S/C54H35N3/c1-3-16-36(17-4-1)38-32-39(37-18-5-2-6-19-37)34-41(33-38)55-48-25-11-10-23-45(48)47-35-40(30-31-52(47)55)56-49-26-12-9-22-44(49)46-24-15-29-53(54(46)56)57-50-27-13-7-20-42(50)43-21-8-14-28-51(43)57/h1-35H/i1D,2D,3D,4D,5D,6D,7D,8D,9D,10D,11D,12D,13D,14D,15D,16D,17D,18D,19D,20D,21D,22D,23D,24D,25D,26D,27D,28D,29D,30D,31D,32D,35D. The number of fused-ring (bicyclic) bond motifs is 9. The fourth-order valence-electron chi connectivity index (χ4n) is 7.18. The van der Waals surface area contributed by atoms with Crippen molar-refractivity contribution in [1.82, 2.24) is 13.7 Å². The van der Waals surface area contributed by atoms with Gasteiger partial charge in [-0.05, 0) is 88.8 Å². The molecule has 0 aliphatic carbocycles. The summed E-state index contributed by atoms with van der Waals surface area (Å²) in [7, 11) is 0. The average molecular weight is 759 g/mol. The highest BCUT2D eigenvalue weighted by atomic mass is 15.1. The molecular formula is C54H35N3. The van der Waals surface area contributed by atoms with E-state index in [1.807, 2.05) is 0 Å². The Labute approximate surface area is 375 Å². The minimum atomic E-state index is -1.14. The van der Waals surface area contributed by atoms with E-state index < -0.39 is 304 Å². The lowest BCUT2D eigenvalue weighted by Gasteiger charge is -2.15. The summed E-state index contributed by atoms with van der Waals surface area (Å²) in [6, 6.07) is -29.1. The highest BCUT2D eigenvalue weighted by Crippen LogP contribution is 2.42. The van der Waals surface area contributed by atoms with Gasteiger partial charge in [0.1, 0.15) is 0 Å². The van der Waals surface area contributed by atoms with Crippen LogP contribution in [0.1, 0.15) is 45.2 Å². The molecule has 0 amide bonds. The summed E-state index contributed by atoms with van der Waals surface area (Å²) in [5.41, 5.74) is -9.06. The molecule has 3 aromatic heterocycles.